The van der Waals surface area contributed by atoms with Crippen LogP contribution in [0.15, 0.2) is 18.2 Å². The Bertz CT molecular complexity index is 1270. The molecule has 44 heavy (non-hydrogen) atoms. The van der Waals surface area contributed by atoms with E-state index in [-0.39, 0.29) is 17.9 Å². The molecule has 8 rings (SSSR count). The van der Waals surface area contributed by atoms with Crippen molar-refractivity contribution in [1.82, 2.24) is 20.1 Å². The van der Waals surface area contributed by atoms with Crippen molar-refractivity contribution in [2.75, 3.05) is 23.8 Å². The van der Waals surface area contributed by atoms with Crippen LogP contribution in [0, 0.1) is 5.92 Å². The van der Waals surface area contributed by atoms with Gasteiger partial charge in [-0.3, -0.25) is 16.0 Å². The van der Waals surface area contributed by atoms with Crippen molar-refractivity contribution in [1.29, 1.82) is 0 Å². The first kappa shape index (κ1) is 29.4. The number of hydrazone groups is 1. The van der Waals surface area contributed by atoms with Crippen LogP contribution < -0.4 is 21.7 Å². The van der Waals surface area contributed by atoms with Gasteiger partial charge in [-0.05, 0) is 81.9 Å². The van der Waals surface area contributed by atoms with E-state index in [2.05, 4.69) is 80.8 Å². The summed E-state index contributed by atoms with van der Waals surface area (Å²) >= 11 is 0. The molecule has 0 aromatic heterocycles. The average molecular weight is 610 g/mol. The molecule has 2 saturated carbocycles. The Kier molecular flexibility index (Phi) is 7.40. The molecule has 11 nitrogen and oxygen atoms in total. The number of rotatable bonds is 11. The molecule has 242 valence electrons. The largest absolute Gasteiger partial charge is 0.387 e. The van der Waals surface area contributed by atoms with Crippen molar-refractivity contribution >= 4 is 17.7 Å². The average Bonchev–Trinajstić information content (AvgIpc) is 3.29. The Morgan fingerprint density at radius 3 is 2.66 bits per heavy atom. The maximum absolute atomic E-state index is 11.3. The number of aliphatic hydroxyl groups is 2. The van der Waals surface area contributed by atoms with Crippen molar-refractivity contribution in [2.45, 2.75) is 145 Å². The first-order chi connectivity index (χ1) is 21.3. The zero-order valence-electron chi connectivity index (χ0n) is 26.6. The lowest BCUT2D eigenvalue weighted by atomic mass is 9.76. The molecular weight excluding hydrogens is 556 g/mol. The Hall–Kier alpha value is -1.99. The Balaban J connectivity index is 0.849. The van der Waals surface area contributed by atoms with Gasteiger partial charge in [-0.1, -0.05) is 35.5 Å². The minimum absolute atomic E-state index is 0.0621. The van der Waals surface area contributed by atoms with E-state index in [1.54, 1.807) is 0 Å². The van der Waals surface area contributed by atoms with Gasteiger partial charge in [-0.15, -0.1) is 0 Å². The minimum Gasteiger partial charge on any atom is -0.387 e. The van der Waals surface area contributed by atoms with Crippen molar-refractivity contribution in [2.24, 2.45) is 11.7 Å². The highest BCUT2D eigenvalue weighted by molar-refractivity contribution is 5.75. The van der Waals surface area contributed by atoms with Crippen LogP contribution in [-0.2, 0) is 4.74 Å². The van der Waals surface area contributed by atoms with Crippen molar-refractivity contribution in [3.05, 3.63) is 23.8 Å². The Morgan fingerprint density at radius 1 is 1.14 bits per heavy atom. The smallest absolute Gasteiger partial charge is 0.319 e. The molecule has 5 aliphatic heterocycles. The van der Waals surface area contributed by atoms with Crippen LogP contribution in [0.5, 0.6) is 0 Å². The summed E-state index contributed by atoms with van der Waals surface area (Å²) < 4.78 is 8.66. The van der Waals surface area contributed by atoms with Gasteiger partial charge in [-0.2, -0.15) is 0 Å². The number of aliphatic hydroxyl groups excluding tert-OH is 2. The van der Waals surface area contributed by atoms with Crippen molar-refractivity contribution in [3.63, 3.8) is 0 Å². The molecule has 1 aromatic rings. The van der Waals surface area contributed by atoms with Crippen molar-refractivity contribution in [3.8, 4) is 0 Å². The van der Waals surface area contributed by atoms with E-state index in [4.69, 9.17) is 10.5 Å². The number of anilines is 2. The van der Waals surface area contributed by atoms with E-state index in [9.17, 15) is 10.2 Å². The highest BCUT2D eigenvalue weighted by Gasteiger charge is 2.76. The summed E-state index contributed by atoms with van der Waals surface area (Å²) in [6, 6.07) is 7.83. The molecular formula is C33H53N8O3+. The van der Waals surface area contributed by atoms with E-state index in [0.717, 1.165) is 25.2 Å². The molecule has 11 heteroatoms. The van der Waals surface area contributed by atoms with Gasteiger partial charge < -0.3 is 25.6 Å². The Labute approximate surface area is 261 Å². The third-order valence-corrected chi connectivity index (χ3v) is 12.1. The molecule has 1 aromatic carbocycles. The summed E-state index contributed by atoms with van der Waals surface area (Å²) in [6.07, 6.45) is 9.92. The quantitative estimate of drug-likeness (QED) is 0.208. The van der Waals surface area contributed by atoms with Crippen LogP contribution >= 0.6 is 0 Å². The maximum Gasteiger partial charge on any atom is 0.319 e. The fourth-order valence-corrected chi connectivity index (χ4v) is 9.29. The standard InChI is InChI=1S/C33H53N8O3/c1-4-12-33-30(31(34)40-18-41(33)40)35-17-39(33)32-29(43)28(42)26(44-32)16-38(19(2)3)23-13-20(14-23)8-11-27-36-24-10-9-22(15-25(24)37-27)21-6-5-7-21/h9-10,15,18-21,23,26-32,35-37,42-43H,4-8,11-14,16-17,34H2,1-3H3/q+1. The lowest BCUT2D eigenvalue weighted by Gasteiger charge is -2.46. The van der Waals surface area contributed by atoms with Gasteiger partial charge in [0.15, 0.2) is 0 Å². The third-order valence-electron chi connectivity index (χ3n) is 12.1. The number of nitrogens with one attached hydrogen (secondary N) is 3. The minimum atomic E-state index is -0.969. The number of fused-ring (bicyclic) bond motifs is 4. The SMILES string of the molecule is CCCC12C(NCN1C1OC(CN(C(C)C)C3CC(CCC4Nc5ccc(C6CCC6)cc5N4)C3)C(O)C1O)C(N)[N+]1=CN12. The van der Waals surface area contributed by atoms with Gasteiger partial charge >= 0.3 is 6.34 Å². The molecule has 8 atom stereocenters. The number of hydrogen-bond donors (Lipinski definition) is 6. The molecule has 5 fully saturated rings. The number of ether oxygens (including phenoxy) is 1. The first-order valence-corrected chi connectivity index (χ1v) is 17.4. The predicted molar refractivity (Wildman–Crippen MR) is 170 cm³/mol. The molecule has 2 aliphatic carbocycles. The second-order valence-electron chi connectivity index (χ2n) is 14.9. The van der Waals surface area contributed by atoms with Crippen LogP contribution in [0.3, 0.4) is 0 Å². The fraction of sp³-hybridized carbons (Fsp3) is 0.788. The van der Waals surface area contributed by atoms with Crippen LogP contribution in [-0.4, -0.2) is 110 Å². The summed E-state index contributed by atoms with van der Waals surface area (Å²) in [5.41, 5.74) is 10.2. The van der Waals surface area contributed by atoms with E-state index < -0.39 is 24.5 Å². The van der Waals surface area contributed by atoms with E-state index in [0.29, 0.717) is 37.4 Å². The van der Waals surface area contributed by atoms with Crippen molar-refractivity contribution < 1.29 is 19.6 Å². The highest BCUT2D eigenvalue weighted by atomic mass is 16.6. The third kappa shape index (κ3) is 4.60. The summed E-state index contributed by atoms with van der Waals surface area (Å²) in [6.45, 7) is 7.86. The summed E-state index contributed by atoms with van der Waals surface area (Å²) in [4.78, 5) is 4.72. The van der Waals surface area contributed by atoms with Gasteiger partial charge in [-0.25, -0.2) is 4.90 Å². The molecule has 3 saturated heterocycles. The number of nitrogens with zero attached hydrogens (tertiary/aromatic N) is 4. The number of hydrazine groups is 1. The lowest BCUT2D eigenvalue weighted by molar-refractivity contribution is -0.593. The molecule has 5 heterocycles. The molecule has 0 amide bonds. The molecule has 0 bridgehead atoms. The molecule has 7 aliphatic rings. The first-order valence-electron chi connectivity index (χ1n) is 17.4. The van der Waals surface area contributed by atoms with Gasteiger partial charge in [0.25, 0.3) is 0 Å². The summed E-state index contributed by atoms with van der Waals surface area (Å²) in [7, 11) is 0. The highest BCUT2D eigenvalue weighted by Crippen LogP contribution is 2.47. The van der Waals surface area contributed by atoms with Gasteiger partial charge in [0, 0.05) is 25.0 Å². The molecule has 0 spiro atoms. The van der Waals surface area contributed by atoms with Crippen LogP contribution in [0.25, 0.3) is 0 Å². The number of nitrogens with two attached hydrogens (primary N) is 1. The number of hydrogen-bond acceptors (Lipinski definition) is 10. The topological polar surface area (TPSA) is 124 Å². The van der Waals surface area contributed by atoms with Gasteiger partial charge in [0.1, 0.15) is 30.6 Å². The number of benzene rings is 1. The van der Waals surface area contributed by atoms with E-state index in [1.165, 1.54) is 55.5 Å². The zero-order chi connectivity index (χ0) is 30.3. The van der Waals surface area contributed by atoms with Crippen LogP contribution in [0.4, 0.5) is 11.4 Å². The molecule has 7 N–H and O–H groups in total. The van der Waals surface area contributed by atoms with Gasteiger partial charge in [0.05, 0.1) is 24.2 Å². The maximum atomic E-state index is 11.3. The monoisotopic (exact) mass is 609 g/mol. The van der Waals surface area contributed by atoms with E-state index >= 15 is 0 Å². The van der Waals surface area contributed by atoms with Crippen LogP contribution in [0.2, 0.25) is 0 Å². The normalized spacial score (nSPS) is 40.8. The molecule has 0 radical (unpaired) electrons. The fourth-order valence-electron chi connectivity index (χ4n) is 9.29. The second-order valence-corrected chi connectivity index (χ2v) is 14.9. The summed E-state index contributed by atoms with van der Waals surface area (Å²) in [5.74, 6) is 1.47. The second kappa shape index (κ2) is 11.1. The molecule has 8 unspecified atom stereocenters. The Morgan fingerprint density at radius 2 is 1.93 bits per heavy atom. The summed E-state index contributed by atoms with van der Waals surface area (Å²) in [5, 5.41) is 35.8. The van der Waals surface area contributed by atoms with Gasteiger partial charge in [0.2, 0.25) is 11.8 Å². The van der Waals surface area contributed by atoms with Crippen LogP contribution in [0.1, 0.15) is 90.0 Å². The lowest BCUT2D eigenvalue weighted by Crippen LogP contribution is -2.62. The predicted octanol–water partition coefficient (Wildman–Crippen LogP) is 2.13. The zero-order valence-corrected chi connectivity index (χ0v) is 26.6. The van der Waals surface area contributed by atoms with E-state index in [1.807, 2.05) is 0 Å².